The molecular formula is C17H28N3O4+. The molecule has 1 rings (SSSR count). The van der Waals surface area contributed by atoms with Crippen LogP contribution in [0.25, 0.3) is 0 Å². The number of nitrogens with zero attached hydrogens (tertiary/aromatic N) is 1. The maximum atomic E-state index is 12.3. The third-order valence-electron chi connectivity index (χ3n) is 3.19. The van der Waals surface area contributed by atoms with Gasteiger partial charge in [-0.05, 0) is 24.3 Å². The van der Waals surface area contributed by atoms with Crippen molar-refractivity contribution in [3.8, 4) is 5.75 Å². The van der Waals surface area contributed by atoms with Gasteiger partial charge in [-0.25, -0.2) is 4.99 Å². The minimum absolute atomic E-state index is 0.224. The van der Waals surface area contributed by atoms with E-state index in [1.807, 2.05) is 0 Å². The Bertz CT molecular complexity index is 515. The van der Waals surface area contributed by atoms with Gasteiger partial charge in [0.15, 0.2) is 0 Å². The van der Waals surface area contributed by atoms with Gasteiger partial charge in [0.1, 0.15) is 12.4 Å². The van der Waals surface area contributed by atoms with Crippen molar-refractivity contribution in [2.24, 2.45) is 4.99 Å². The van der Waals surface area contributed by atoms with E-state index in [4.69, 9.17) is 14.2 Å². The van der Waals surface area contributed by atoms with Crippen molar-refractivity contribution < 1.29 is 23.9 Å². The molecule has 0 fully saturated rings. The van der Waals surface area contributed by atoms with Gasteiger partial charge in [-0.15, -0.1) is 0 Å². The molecule has 1 aromatic carbocycles. The average Bonchev–Trinajstić information content (AvgIpc) is 2.58. The largest absolute Gasteiger partial charge is 0.497 e. The second kappa shape index (κ2) is 11.4. The number of hydrogen-bond donors (Lipinski definition) is 2. The van der Waals surface area contributed by atoms with Crippen LogP contribution in [-0.2, 0) is 9.47 Å². The molecule has 7 nitrogen and oxygen atoms in total. The van der Waals surface area contributed by atoms with E-state index in [-0.39, 0.29) is 11.9 Å². The topological polar surface area (TPSA) is 73.6 Å². The van der Waals surface area contributed by atoms with Crippen molar-refractivity contribution >= 4 is 11.9 Å². The molecule has 0 aliphatic carbocycles. The maximum absolute atomic E-state index is 12.3. The molecule has 24 heavy (non-hydrogen) atoms. The Kier molecular flexibility index (Phi) is 9.48. The lowest BCUT2D eigenvalue weighted by atomic mass is 10.2. The highest BCUT2D eigenvalue weighted by Gasteiger charge is 2.10. The first-order chi connectivity index (χ1) is 11.6. The first-order valence-corrected chi connectivity index (χ1v) is 7.97. The molecule has 0 aliphatic rings. The summed E-state index contributed by atoms with van der Waals surface area (Å²) in [6.45, 7) is 2.36. The summed E-state index contributed by atoms with van der Waals surface area (Å²) in [5, 5.41) is 2.70. The zero-order valence-corrected chi connectivity index (χ0v) is 14.9. The molecule has 1 amide bonds. The molecular weight excluding hydrogens is 310 g/mol. The summed E-state index contributed by atoms with van der Waals surface area (Å²) < 4.78 is 15.5. The Morgan fingerprint density at radius 1 is 1.17 bits per heavy atom. The number of methoxy groups -OCH3 is 2. The zero-order valence-electron chi connectivity index (χ0n) is 14.9. The van der Waals surface area contributed by atoms with Gasteiger partial charge in [-0.1, -0.05) is 0 Å². The van der Waals surface area contributed by atoms with Gasteiger partial charge in [-0.3, -0.25) is 10.1 Å². The predicted octanol–water partition coefficient (Wildman–Crippen LogP) is -0.0214. The number of rotatable bonds is 9. The first-order valence-electron chi connectivity index (χ1n) is 7.97. The number of ether oxygens (including phenoxy) is 3. The van der Waals surface area contributed by atoms with Gasteiger partial charge in [0.25, 0.3) is 11.9 Å². The number of benzene rings is 1. The predicted molar refractivity (Wildman–Crippen MR) is 92.9 cm³/mol. The minimum Gasteiger partial charge on any atom is -0.497 e. The molecule has 0 saturated heterocycles. The summed E-state index contributed by atoms with van der Waals surface area (Å²) in [6.07, 6.45) is 0.915. The number of carbonyl (C=O) groups is 1. The Morgan fingerprint density at radius 2 is 1.88 bits per heavy atom. The monoisotopic (exact) mass is 338 g/mol. The highest BCUT2D eigenvalue weighted by molar-refractivity contribution is 6.04. The van der Waals surface area contributed by atoms with Crippen molar-refractivity contribution in [2.75, 3.05) is 54.6 Å². The number of carbonyl (C=O) groups excluding carboxylic acids is 1. The van der Waals surface area contributed by atoms with Gasteiger partial charge in [0.05, 0.1) is 34.4 Å². The standard InChI is InChI=1S/C17H27N3O4/c1-20(2)11-5-10-18-17(24-13-12-22-3)19-16(21)14-6-8-15(23-4)9-7-14/h6-9H,5,10-13H2,1-4H3,(H,18,19,21)/p+1. The van der Waals surface area contributed by atoms with Gasteiger partial charge in [-0.2, -0.15) is 0 Å². The summed E-state index contributed by atoms with van der Waals surface area (Å²) in [6, 6.07) is 7.07. The van der Waals surface area contributed by atoms with Crippen LogP contribution in [0, 0.1) is 0 Å². The molecule has 134 valence electrons. The number of hydrogen-bond acceptors (Lipinski definition) is 5. The second-order valence-electron chi connectivity index (χ2n) is 5.52. The van der Waals surface area contributed by atoms with Crippen LogP contribution in [0.3, 0.4) is 0 Å². The van der Waals surface area contributed by atoms with Crippen molar-refractivity contribution in [1.82, 2.24) is 5.32 Å². The highest BCUT2D eigenvalue weighted by Crippen LogP contribution is 2.11. The number of quaternary nitrogens is 1. The van der Waals surface area contributed by atoms with Crippen LogP contribution in [0.15, 0.2) is 29.3 Å². The lowest BCUT2D eigenvalue weighted by molar-refractivity contribution is -0.858. The van der Waals surface area contributed by atoms with Gasteiger partial charge in [0.2, 0.25) is 0 Å². The average molecular weight is 338 g/mol. The molecule has 0 radical (unpaired) electrons. The Hall–Kier alpha value is -2.12. The molecule has 0 spiro atoms. The zero-order chi connectivity index (χ0) is 17.8. The van der Waals surface area contributed by atoms with Crippen LogP contribution in [0.5, 0.6) is 5.75 Å². The normalized spacial score (nSPS) is 11.5. The number of aliphatic imine (C=N–C) groups is 1. The molecule has 7 heteroatoms. The van der Waals surface area contributed by atoms with Crippen molar-refractivity contribution in [1.29, 1.82) is 0 Å². The van der Waals surface area contributed by atoms with Crippen LogP contribution in [0.1, 0.15) is 16.8 Å². The van der Waals surface area contributed by atoms with Crippen LogP contribution in [-0.4, -0.2) is 66.5 Å². The maximum Gasteiger partial charge on any atom is 0.291 e. The number of amidine groups is 1. The van der Waals surface area contributed by atoms with Crippen molar-refractivity contribution in [3.63, 3.8) is 0 Å². The quantitative estimate of drug-likeness (QED) is 0.377. The summed E-state index contributed by atoms with van der Waals surface area (Å²) in [5.41, 5.74) is 0.511. The van der Waals surface area contributed by atoms with Gasteiger partial charge < -0.3 is 19.1 Å². The summed E-state index contributed by atoms with van der Waals surface area (Å²) in [4.78, 5) is 18.0. The SMILES string of the molecule is COCCOC(=NCCC[NH+](C)C)NC(=O)c1ccc(OC)cc1. The fourth-order valence-electron chi connectivity index (χ4n) is 1.87. The van der Waals surface area contributed by atoms with Gasteiger partial charge >= 0.3 is 0 Å². The van der Waals surface area contributed by atoms with E-state index in [0.717, 1.165) is 13.0 Å². The van der Waals surface area contributed by atoms with Crippen LogP contribution >= 0.6 is 0 Å². The molecule has 0 bridgehead atoms. The fraction of sp³-hybridized carbons (Fsp3) is 0.529. The molecule has 1 aromatic rings. The van der Waals surface area contributed by atoms with E-state index < -0.39 is 0 Å². The Labute approximate surface area is 143 Å². The van der Waals surface area contributed by atoms with E-state index in [9.17, 15) is 4.79 Å². The highest BCUT2D eigenvalue weighted by atomic mass is 16.5. The number of nitrogens with one attached hydrogen (secondary N) is 2. The van der Waals surface area contributed by atoms with Crippen LogP contribution < -0.4 is 15.0 Å². The molecule has 0 saturated carbocycles. The fourth-order valence-corrected chi connectivity index (χ4v) is 1.87. The first kappa shape index (κ1) is 19.9. The third kappa shape index (κ3) is 7.94. The van der Waals surface area contributed by atoms with Crippen molar-refractivity contribution in [3.05, 3.63) is 29.8 Å². The van der Waals surface area contributed by atoms with Gasteiger partial charge in [0, 0.05) is 25.6 Å². The minimum atomic E-state index is -0.271. The van der Waals surface area contributed by atoms with Crippen molar-refractivity contribution in [2.45, 2.75) is 6.42 Å². The Morgan fingerprint density at radius 3 is 2.46 bits per heavy atom. The van der Waals surface area contributed by atoms with Crippen LogP contribution in [0.2, 0.25) is 0 Å². The lowest BCUT2D eigenvalue weighted by Crippen LogP contribution is -3.05. The van der Waals surface area contributed by atoms with E-state index >= 15 is 0 Å². The summed E-state index contributed by atoms with van der Waals surface area (Å²) in [7, 11) is 7.35. The lowest BCUT2D eigenvalue weighted by Gasteiger charge is -2.11. The van der Waals surface area contributed by atoms with E-state index in [2.05, 4.69) is 24.4 Å². The van der Waals surface area contributed by atoms with E-state index in [1.165, 1.54) is 4.90 Å². The smallest absolute Gasteiger partial charge is 0.291 e. The Balaban J connectivity index is 2.63. The molecule has 2 N–H and O–H groups in total. The number of amides is 1. The second-order valence-corrected chi connectivity index (χ2v) is 5.52. The van der Waals surface area contributed by atoms with Crippen LogP contribution in [0.4, 0.5) is 0 Å². The molecule has 0 aromatic heterocycles. The molecule has 0 unspecified atom stereocenters. The van der Waals surface area contributed by atoms with E-state index in [0.29, 0.717) is 31.1 Å². The third-order valence-corrected chi connectivity index (χ3v) is 3.19. The molecule has 0 aliphatic heterocycles. The summed E-state index contributed by atoms with van der Waals surface area (Å²) >= 11 is 0. The molecule has 0 atom stereocenters. The molecule has 0 heterocycles. The van der Waals surface area contributed by atoms with E-state index in [1.54, 1.807) is 38.5 Å². The summed E-state index contributed by atoms with van der Waals surface area (Å²) in [5.74, 6) is 0.426.